The van der Waals surface area contributed by atoms with Crippen molar-refractivity contribution < 1.29 is 29.0 Å². The van der Waals surface area contributed by atoms with Gasteiger partial charge in [0.2, 0.25) is 5.91 Å². The van der Waals surface area contributed by atoms with Crippen molar-refractivity contribution in [2.75, 3.05) is 25.8 Å². The number of halogens is 1. The van der Waals surface area contributed by atoms with Gasteiger partial charge in [-0.05, 0) is 68.1 Å². The molecule has 0 aliphatic carbocycles. The lowest BCUT2D eigenvalue weighted by molar-refractivity contribution is -0.147. The maximum absolute atomic E-state index is 14.0. The molecule has 0 radical (unpaired) electrons. The monoisotopic (exact) mass is 654 g/mol. The van der Waals surface area contributed by atoms with Crippen LogP contribution in [0.25, 0.3) is 0 Å². The van der Waals surface area contributed by atoms with Gasteiger partial charge in [-0.2, -0.15) is 0 Å². The first-order valence-corrected chi connectivity index (χ1v) is 15.7. The van der Waals surface area contributed by atoms with Gasteiger partial charge in [0.15, 0.2) is 17.6 Å². The number of thioether (sulfide) groups is 1. The quantitative estimate of drug-likeness (QED) is 0.228. The second kappa shape index (κ2) is 14.4. The molecule has 1 aliphatic heterocycles. The van der Waals surface area contributed by atoms with Crippen LogP contribution >= 0.6 is 23.4 Å². The maximum atomic E-state index is 14.0. The van der Waals surface area contributed by atoms with Gasteiger partial charge >= 0.3 is 0 Å². The lowest BCUT2D eigenvalue weighted by atomic mass is 9.96. The number of ether oxygens (including phenoxy) is 2. The van der Waals surface area contributed by atoms with Gasteiger partial charge in [0.25, 0.3) is 11.8 Å². The summed E-state index contributed by atoms with van der Waals surface area (Å²) in [5.41, 5.74) is 8.89. The van der Waals surface area contributed by atoms with Gasteiger partial charge in [-0.3, -0.25) is 14.4 Å². The zero-order valence-corrected chi connectivity index (χ0v) is 27.5. The minimum Gasteiger partial charge on any atom is -0.493 e. The lowest BCUT2D eigenvalue weighted by Gasteiger charge is -2.33. The predicted octanol–water partition coefficient (Wildman–Crippen LogP) is 3.95. The van der Waals surface area contributed by atoms with Crippen LogP contribution in [0.4, 0.5) is 5.69 Å². The molecule has 3 aromatic carbocycles. The fourth-order valence-electron chi connectivity index (χ4n) is 5.32. The summed E-state index contributed by atoms with van der Waals surface area (Å²) in [7, 11) is 3.01. The number of hydrogen-bond acceptors (Lipinski definition) is 8. The van der Waals surface area contributed by atoms with Crippen molar-refractivity contribution in [1.82, 2.24) is 15.5 Å². The molecule has 5 N–H and O–H groups in total. The van der Waals surface area contributed by atoms with E-state index in [0.717, 1.165) is 11.1 Å². The van der Waals surface area contributed by atoms with Crippen molar-refractivity contribution >= 4 is 46.8 Å². The van der Waals surface area contributed by atoms with Crippen LogP contribution in [-0.4, -0.2) is 70.8 Å². The van der Waals surface area contributed by atoms with Crippen molar-refractivity contribution in [1.29, 1.82) is 0 Å². The zero-order chi connectivity index (χ0) is 32.9. The molecule has 4 rings (SSSR count). The van der Waals surface area contributed by atoms with Crippen LogP contribution in [0, 0.1) is 6.92 Å². The normalized spacial score (nSPS) is 16.9. The van der Waals surface area contributed by atoms with Crippen molar-refractivity contribution in [2.24, 2.45) is 0 Å². The number of nitrogens with two attached hydrogens (primary N) is 1. The van der Waals surface area contributed by atoms with Gasteiger partial charge < -0.3 is 35.8 Å². The van der Waals surface area contributed by atoms with Crippen molar-refractivity contribution in [3.63, 3.8) is 0 Å². The van der Waals surface area contributed by atoms with E-state index in [1.54, 1.807) is 30.3 Å². The average Bonchev–Trinajstić information content (AvgIpc) is 3.35. The molecule has 240 valence electrons. The Morgan fingerprint density at radius 1 is 1.09 bits per heavy atom. The lowest BCUT2D eigenvalue weighted by Crippen LogP contribution is -2.58. The summed E-state index contributed by atoms with van der Waals surface area (Å²) in [6, 6.07) is 15.6. The number of rotatable bonds is 11. The van der Waals surface area contributed by atoms with Crippen LogP contribution in [0.1, 0.15) is 40.9 Å². The Balaban J connectivity index is 1.61. The number of amides is 3. The molecule has 10 nitrogen and oxygen atoms in total. The SMILES string of the molecule is COc1ccc(C[C@H](NC(=O)c2cccc(N)c2Cl)[C@H](O)C(=O)N2CSC(C)(C)[C@H]2C(=O)NCc2ccccc2C)cc1OC. The molecule has 45 heavy (non-hydrogen) atoms. The number of carbonyl (C=O) groups is 3. The molecule has 3 atom stereocenters. The Kier molecular flexibility index (Phi) is 10.9. The van der Waals surface area contributed by atoms with Crippen LogP contribution < -0.4 is 25.8 Å². The third-order valence-electron chi connectivity index (χ3n) is 7.92. The van der Waals surface area contributed by atoms with E-state index in [2.05, 4.69) is 10.6 Å². The number of aliphatic hydroxyl groups is 1. The predicted molar refractivity (Wildman–Crippen MR) is 177 cm³/mol. The molecular formula is C33H39ClN4O6S. The highest BCUT2D eigenvalue weighted by Crippen LogP contribution is 2.40. The van der Waals surface area contributed by atoms with Gasteiger partial charge in [-0.1, -0.05) is 48.0 Å². The maximum Gasteiger partial charge on any atom is 0.254 e. The highest BCUT2D eigenvalue weighted by molar-refractivity contribution is 8.00. The molecule has 0 aromatic heterocycles. The summed E-state index contributed by atoms with van der Waals surface area (Å²) in [5.74, 6) is -0.505. The van der Waals surface area contributed by atoms with Gasteiger partial charge in [0.1, 0.15) is 6.04 Å². The number of nitrogens with one attached hydrogen (secondary N) is 2. The smallest absolute Gasteiger partial charge is 0.254 e. The number of nitrogens with zero attached hydrogens (tertiary/aromatic N) is 1. The number of anilines is 1. The third-order valence-corrected chi connectivity index (χ3v) is 9.72. The van der Waals surface area contributed by atoms with Crippen LogP contribution in [-0.2, 0) is 22.6 Å². The Morgan fingerprint density at radius 2 is 1.80 bits per heavy atom. The molecule has 0 bridgehead atoms. The van der Waals surface area contributed by atoms with Crippen LogP contribution in [0.2, 0.25) is 5.02 Å². The van der Waals surface area contributed by atoms with E-state index in [-0.39, 0.29) is 34.5 Å². The summed E-state index contributed by atoms with van der Waals surface area (Å²) in [4.78, 5) is 42.4. The fourth-order valence-corrected chi connectivity index (χ4v) is 6.67. The van der Waals surface area contributed by atoms with Crippen LogP contribution in [0.3, 0.4) is 0 Å². The number of aryl methyl sites for hydroxylation is 1. The highest BCUT2D eigenvalue weighted by Gasteiger charge is 2.49. The standard InChI is InChI=1S/C33H39ClN4O6S/c1-19-9-6-7-10-21(19)17-36-31(41)29-33(2,3)45-18-38(29)32(42)28(39)24(15-20-13-14-25(43-4)26(16-20)44-5)37-30(40)22-11-8-12-23(35)27(22)34/h6-14,16,24,28-29,39H,15,17-18,35H2,1-5H3,(H,36,41)(H,37,40)/t24-,28-,29+/m0/s1. The number of benzene rings is 3. The molecule has 0 unspecified atom stereocenters. The number of carbonyl (C=O) groups excluding carboxylic acids is 3. The average molecular weight is 655 g/mol. The number of nitrogen functional groups attached to an aromatic ring is 1. The Hall–Kier alpha value is -3.93. The summed E-state index contributed by atoms with van der Waals surface area (Å²) >= 11 is 7.76. The van der Waals surface area contributed by atoms with Crippen LogP contribution in [0.5, 0.6) is 11.5 Å². The molecule has 12 heteroatoms. The molecule has 1 heterocycles. The zero-order valence-electron chi connectivity index (χ0n) is 25.9. The first kappa shape index (κ1) is 34.0. The van der Waals surface area contributed by atoms with Gasteiger partial charge in [0, 0.05) is 11.3 Å². The Bertz CT molecular complexity index is 1570. The van der Waals surface area contributed by atoms with Crippen molar-refractivity contribution in [3.05, 3.63) is 87.9 Å². The summed E-state index contributed by atoms with van der Waals surface area (Å²) in [6.45, 7) is 6.04. The van der Waals surface area contributed by atoms with E-state index >= 15 is 0 Å². The highest BCUT2D eigenvalue weighted by atomic mass is 35.5. The summed E-state index contributed by atoms with van der Waals surface area (Å²) in [5, 5.41) is 17.4. The van der Waals surface area contributed by atoms with E-state index < -0.39 is 34.7 Å². The molecule has 1 fully saturated rings. The summed E-state index contributed by atoms with van der Waals surface area (Å²) in [6.07, 6.45) is -1.66. The topological polar surface area (TPSA) is 143 Å². The van der Waals surface area contributed by atoms with Gasteiger partial charge in [0.05, 0.1) is 42.4 Å². The first-order valence-electron chi connectivity index (χ1n) is 14.4. The Morgan fingerprint density at radius 3 is 2.49 bits per heavy atom. The largest absolute Gasteiger partial charge is 0.493 e. The number of aliphatic hydroxyl groups excluding tert-OH is 1. The fraction of sp³-hybridized carbons (Fsp3) is 0.364. The first-order chi connectivity index (χ1) is 21.4. The summed E-state index contributed by atoms with van der Waals surface area (Å²) < 4.78 is 10.1. The minimum absolute atomic E-state index is 0.0491. The second-order valence-corrected chi connectivity index (χ2v) is 13.3. The van der Waals surface area contributed by atoms with E-state index in [1.165, 1.54) is 36.9 Å². The van der Waals surface area contributed by atoms with E-state index in [9.17, 15) is 19.5 Å². The van der Waals surface area contributed by atoms with Crippen molar-refractivity contribution in [3.8, 4) is 11.5 Å². The molecule has 3 aromatic rings. The molecule has 1 aliphatic rings. The molecular weight excluding hydrogens is 616 g/mol. The Labute approximate surface area is 272 Å². The third kappa shape index (κ3) is 7.66. The van der Waals surface area contributed by atoms with Gasteiger partial charge in [-0.25, -0.2) is 0 Å². The van der Waals surface area contributed by atoms with Gasteiger partial charge in [-0.15, -0.1) is 11.8 Å². The van der Waals surface area contributed by atoms with E-state index in [4.69, 9.17) is 26.8 Å². The molecule has 1 saturated heterocycles. The van der Waals surface area contributed by atoms with E-state index in [0.29, 0.717) is 23.6 Å². The molecule has 0 saturated carbocycles. The minimum atomic E-state index is -1.71. The molecule has 3 amide bonds. The van der Waals surface area contributed by atoms with E-state index in [1.807, 2.05) is 45.0 Å². The molecule has 0 spiro atoms. The number of methoxy groups -OCH3 is 2. The number of hydrogen-bond donors (Lipinski definition) is 4. The second-order valence-electron chi connectivity index (χ2n) is 11.4. The van der Waals surface area contributed by atoms with Crippen LogP contribution in [0.15, 0.2) is 60.7 Å². The van der Waals surface area contributed by atoms with Crippen molar-refractivity contribution in [2.45, 2.75) is 56.7 Å².